The van der Waals surface area contributed by atoms with Gasteiger partial charge in [-0.2, -0.15) is 0 Å². The number of carbonyl (C=O) groups excluding carboxylic acids is 1. The van der Waals surface area contributed by atoms with Gasteiger partial charge in [0.25, 0.3) is 0 Å². The van der Waals surface area contributed by atoms with Crippen LogP contribution in [-0.4, -0.2) is 28.1 Å². The fourth-order valence-corrected chi connectivity index (χ4v) is 4.81. The molecule has 116 valence electrons. The number of rotatable bonds is 3. The zero-order valence-corrected chi connectivity index (χ0v) is 14.2. The van der Waals surface area contributed by atoms with Crippen molar-refractivity contribution in [3.63, 3.8) is 0 Å². The van der Waals surface area contributed by atoms with Gasteiger partial charge in [0.1, 0.15) is 0 Å². The third-order valence-electron chi connectivity index (χ3n) is 4.08. The number of fused-ring (bicyclic) bond motifs is 2. The van der Waals surface area contributed by atoms with Crippen LogP contribution >= 0.6 is 23.1 Å². The topological polar surface area (TPSA) is 33.2 Å². The number of carbonyl (C=O) groups is 1. The second-order valence-corrected chi connectivity index (χ2v) is 7.82. The highest BCUT2D eigenvalue weighted by Crippen LogP contribution is 2.29. The van der Waals surface area contributed by atoms with E-state index >= 15 is 0 Å². The molecule has 1 amide bonds. The summed E-state index contributed by atoms with van der Waals surface area (Å²) in [6.07, 6.45) is 0.952. The van der Waals surface area contributed by atoms with Crippen LogP contribution in [-0.2, 0) is 17.8 Å². The first-order valence-corrected chi connectivity index (χ1v) is 9.43. The van der Waals surface area contributed by atoms with Gasteiger partial charge in [-0.15, -0.1) is 11.3 Å². The summed E-state index contributed by atoms with van der Waals surface area (Å²) in [6, 6.07) is 16.5. The minimum Gasteiger partial charge on any atom is -0.337 e. The SMILES string of the molecule is O=C(CSc1nc2ccccc2s1)N1CCc2ccccc2C1. The lowest BCUT2D eigenvalue weighted by atomic mass is 10.00. The first-order chi connectivity index (χ1) is 11.3. The molecule has 23 heavy (non-hydrogen) atoms. The first-order valence-electron chi connectivity index (χ1n) is 7.62. The zero-order valence-electron chi connectivity index (χ0n) is 12.6. The quantitative estimate of drug-likeness (QED) is 0.676. The number of benzene rings is 2. The van der Waals surface area contributed by atoms with Crippen molar-refractivity contribution < 1.29 is 4.79 Å². The predicted molar refractivity (Wildman–Crippen MR) is 95.9 cm³/mol. The Morgan fingerprint density at radius 1 is 1.13 bits per heavy atom. The van der Waals surface area contributed by atoms with E-state index in [1.54, 1.807) is 23.1 Å². The standard InChI is InChI=1S/C18H16N2OS2/c21-17(20-10-9-13-5-1-2-6-14(13)11-20)12-22-18-19-15-7-3-4-8-16(15)23-18/h1-8H,9-12H2. The Kier molecular flexibility index (Phi) is 4.06. The predicted octanol–water partition coefficient (Wildman–Crippen LogP) is 3.97. The number of aromatic nitrogens is 1. The van der Waals surface area contributed by atoms with Crippen molar-refractivity contribution in [1.82, 2.24) is 9.88 Å². The van der Waals surface area contributed by atoms with E-state index in [9.17, 15) is 4.79 Å². The number of thioether (sulfide) groups is 1. The monoisotopic (exact) mass is 340 g/mol. The highest BCUT2D eigenvalue weighted by Gasteiger charge is 2.20. The number of para-hydroxylation sites is 1. The van der Waals surface area contributed by atoms with E-state index in [1.165, 1.54) is 15.8 Å². The Hall–Kier alpha value is -1.85. The van der Waals surface area contributed by atoms with Gasteiger partial charge in [0, 0.05) is 13.1 Å². The summed E-state index contributed by atoms with van der Waals surface area (Å²) in [5.74, 6) is 0.658. The van der Waals surface area contributed by atoms with Crippen molar-refractivity contribution in [2.75, 3.05) is 12.3 Å². The summed E-state index contributed by atoms with van der Waals surface area (Å²) in [4.78, 5) is 19.0. The summed E-state index contributed by atoms with van der Waals surface area (Å²) in [7, 11) is 0. The maximum atomic E-state index is 12.5. The summed E-state index contributed by atoms with van der Waals surface area (Å²) in [5, 5.41) is 0. The smallest absolute Gasteiger partial charge is 0.233 e. The minimum atomic E-state index is 0.198. The summed E-state index contributed by atoms with van der Waals surface area (Å²) in [5.41, 5.74) is 3.66. The fraction of sp³-hybridized carbons (Fsp3) is 0.222. The molecule has 0 spiro atoms. The lowest BCUT2D eigenvalue weighted by Crippen LogP contribution is -2.37. The molecular formula is C18H16N2OS2. The van der Waals surface area contributed by atoms with Gasteiger partial charge in [0.05, 0.1) is 16.0 Å². The Morgan fingerprint density at radius 2 is 1.91 bits per heavy atom. The lowest BCUT2D eigenvalue weighted by Gasteiger charge is -2.28. The van der Waals surface area contributed by atoms with Crippen LogP contribution in [0.5, 0.6) is 0 Å². The van der Waals surface area contributed by atoms with Gasteiger partial charge in [-0.3, -0.25) is 4.79 Å². The first kappa shape index (κ1) is 14.7. The molecule has 0 unspecified atom stereocenters. The number of hydrogen-bond donors (Lipinski definition) is 0. The van der Waals surface area contributed by atoms with E-state index in [0.29, 0.717) is 5.75 Å². The molecular weight excluding hydrogens is 324 g/mol. The second-order valence-electron chi connectivity index (χ2n) is 5.57. The van der Waals surface area contributed by atoms with Gasteiger partial charge < -0.3 is 4.90 Å². The molecule has 4 rings (SSSR count). The molecule has 1 aliphatic rings. The van der Waals surface area contributed by atoms with Crippen LogP contribution in [0.1, 0.15) is 11.1 Å². The van der Waals surface area contributed by atoms with Gasteiger partial charge in [-0.1, -0.05) is 48.2 Å². The number of hydrogen-bond acceptors (Lipinski definition) is 4. The van der Waals surface area contributed by atoms with Crippen molar-refractivity contribution in [2.24, 2.45) is 0 Å². The zero-order chi connectivity index (χ0) is 15.6. The molecule has 0 aliphatic carbocycles. The average molecular weight is 340 g/mol. The summed E-state index contributed by atoms with van der Waals surface area (Å²) < 4.78 is 2.14. The largest absolute Gasteiger partial charge is 0.337 e. The van der Waals surface area contributed by atoms with Crippen LogP contribution in [0, 0.1) is 0 Å². The fourth-order valence-electron chi connectivity index (χ4n) is 2.84. The van der Waals surface area contributed by atoms with Crippen molar-refractivity contribution in [1.29, 1.82) is 0 Å². The normalized spacial score (nSPS) is 14.0. The molecule has 2 aromatic carbocycles. The Bertz CT molecular complexity index is 826. The maximum absolute atomic E-state index is 12.5. The Balaban J connectivity index is 1.40. The third kappa shape index (κ3) is 3.12. The third-order valence-corrected chi connectivity index (χ3v) is 6.24. The molecule has 0 fully saturated rings. The summed E-state index contributed by atoms with van der Waals surface area (Å²) in [6.45, 7) is 1.55. The Labute approximate surface area is 143 Å². The maximum Gasteiger partial charge on any atom is 0.233 e. The van der Waals surface area contributed by atoms with E-state index in [-0.39, 0.29) is 5.91 Å². The molecule has 0 bridgehead atoms. The average Bonchev–Trinajstić information content (AvgIpc) is 3.02. The molecule has 0 atom stereocenters. The van der Waals surface area contributed by atoms with Gasteiger partial charge in [0.2, 0.25) is 5.91 Å². The summed E-state index contributed by atoms with van der Waals surface area (Å²) >= 11 is 3.20. The van der Waals surface area contributed by atoms with E-state index in [4.69, 9.17) is 0 Å². The van der Waals surface area contributed by atoms with E-state index in [2.05, 4.69) is 29.2 Å². The molecule has 2 heterocycles. The highest BCUT2D eigenvalue weighted by molar-refractivity contribution is 8.01. The van der Waals surface area contributed by atoms with Crippen LogP contribution in [0.25, 0.3) is 10.2 Å². The van der Waals surface area contributed by atoms with Gasteiger partial charge >= 0.3 is 0 Å². The van der Waals surface area contributed by atoms with Crippen LogP contribution in [0.3, 0.4) is 0 Å². The van der Waals surface area contributed by atoms with E-state index in [0.717, 1.165) is 29.4 Å². The van der Waals surface area contributed by atoms with Gasteiger partial charge in [-0.25, -0.2) is 4.98 Å². The van der Waals surface area contributed by atoms with Gasteiger partial charge in [0.15, 0.2) is 4.34 Å². The lowest BCUT2D eigenvalue weighted by molar-refractivity contribution is -0.129. The van der Waals surface area contributed by atoms with Crippen LogP contribution in [0.15, 0.2) is 52.9 Å². The molecule has 1 aliphatic heterocycles. The number of thiazole rings is 1. The van der Waals surface area contributed by atoms with Crippen molar-refractivity contribution in [2.45, 2.75) is 17.3 Å². The van der Waals surface area contributed by atoms with Gasteiger partial charge in [-0.05, 0) is 29.7 Å². The molecule has 0 N–H and O–H groups in total. The molecule has 1 aromatic heterocycles. The van der Waals surface area contributed by atoms with Crippen LogP contribution in [0.4, 0.5) is 0 Å². The van der Waals surface area contributed by atoms with Crippen molar-refractivity contribution >= 4 is 39.2 Å². The van der Waals surface area contributed by atoms with E-state index < -0.39 is 0 Å². The van der Waals surface area contributed by atoms with Crippen molar-refractivity contribution in [3.8, 4) is 0 Å². The molecule has 5 heteroatoms. The molecule has 0 saturated heterocycles. The molecule has 3 nitrogen and oxygen atoms in total. The molecule has 0 saturated carbocycles. The molecule has 3 aromatic rings. The minimum absolute atomic E-state index is 0.198. The highest BCUT2D eigenvalue weighted by atomic mass is 32.2. The van der Waals surface area contributed by atoms with Crippen molar-refractivity contribution in [3.05, 3.63) is 59.7 Å². The molecule has 0 radical (unpaired) electrons. The van der Waals surface area contributed by atoms with Crippen LogP contribution in [0.2, 0.25) is 0 Å². The van der Waals surface area contributed by atoms with E-state index in [1.807, 2.05) is 29.2 Å². The Morgan fingerprint density at radius 3 is 2.78 bits per heavy atom. The van der Waals surface area contributed by atoms with Crippen LogP contribution < -0.4 is 0 Å². The number of nitrogens with zero attached hydrogens (tertiary/aromatic N) is 2. The number of amides is 1. The second kappa shape index (κ2) is 6.34.